The maximum absolute atomic E-state index is 12.3. The number of carboxylic acid groups (broad SMARTS) is 1. The Hall–Kier alpha value is -3.42. The third-order valence-corrected chi connectivity index (χ3v) is 3.88. The van der Waals surface area contributed by atoms with Crippen LogP contribution in [0, 0.1) is 10.1 Å². The standard InChI is InChI=1S/C19H20N2O6/c1-20(12-15-5-8-17(9-6-15)27-13-19(23)24)18(22)10-7-14-3-2-4-16(11-14)21(25)26/h2-6,8-9,11H,7,10,12-13H2,1H3,(H,23,24). The SMILES string of the molecule is CN(Cc1ccc(OCC(=O)O)cc1)C(=O)CCc1cccc([N+](=O)[O-])c1. The number of hydrogen-bond acceptors (Lipinski definition) is 5. The molecule has 0 spiro atoms. The summed E-state index contributed by atoms with van der Waals surface area (Å²) in [5.41, 5.74) is 1.63. The average Bonchev–Trinajstić information content (AvgIpc) is 2.65. The number of ether oxygens (including phenoxy) is 1. The number of nitro groups is 1. The van der Waals surface area contributed by atoms with E-state index in [0.29, 0.717) is 18.7 Å². The lowest BCUT2D eigenvalue weighted by Crippen LogP contribution is -2.26. The van der Waals surface area contributed by atoms with E-state index in [1.165, 1.54) is 12.1 Å². The second-order valence-corrected chi connectivity index (χ2v) is 6.00. The fourth-order valence-corrected chi connectivity index (χ4v) is 2.47. The maximum atomic E-state index is 12.3. The van der Waals surface area contributed by atoms with Gasteiger partial charge in [-0.2, -0.15) is 0 Å². The van der Waals surface area contributed by atoms with E-state index in [4.69, 9.17) is 9.84 Å². The number of carboxylic acids is 1. The Bertz CT molecular complexity index is 819. The van der Waals surface area contributed by atoms with Crippen molar-refractivity contribution in [2.24, 2.45) is 0 Å². The molecule has 2 aromatic carbocycles. The lowest BCUT2D eigenvalue weighted by molar-refractivity contribution is -0.384. The van der Waals surface area contributed by atoms with E-state index in [1.807, 2.05) is 0 Å². The summed E-state index contributed by atoms with van der Waals surface area (Å²) in [5, 5.41) is 19.4. The molecule has 0 saturated heterocycles. The summed E-state index contributed by atoms with van der Waals surface area (Å²) in [6, 6.07) is 13.1. The molecule has 0 aromatic heterocycles. The lowest BCUT2D eigenvalue weighted by atomic mass is 10.1. The monoisotopic (exact) mass is 372 g/mol. The molecular weight excluding hydrogens is 352 g/mol. The second kappa shape index (κ2) is 9.33. The first-order valence-corrected chi connectivity index (χ1v) is 8.26. The first-order valence-electron chi connectivity index (χ1n) is 8.26. The summed E-state index contributed by atoms with van der Waals surface area (Å²) in [7, 11) is 1.69. The summed E-state index contributed by atoms with van der Waals surface area (Å²) < 4.78 is 5.06. The number of nitrogens with zero attached hydrogens (tertiary/aromatic N) is 2. The number of hydrogen-bond donors (Lipinski definition) is 1. The highest BCUT2D eigenvalue weighted by molar-refractivity contribution is 5.76. The molecular formula is C19H20N2O6. The van der Waals surface area contributed by atoms with Gasteiger partial charge in [-0.15, -0.1) is 0 Å². The zero-order chi connectivity index (χ0) is 19.8. The fraction of sp³-hybridized carbons (Fsp3) is 0.263. The van der Waals surface area contributed by atoms with Crippen molar-refractivity contribution in [1.29, 1.82) is 0 Å². The number of aryl methyl sites for hydroxylation is 1. The molecule has 0 aliphatic rings. The van der Waals surface area contributed by atoms with Crippen molar-refractivity contribution in [2.75, 3.05) is 13.7 Å². The van der Waals surface area contributed by atoms with Gasteiger partial charge in [-0.05, 0) is 29.7 Å². The minimum Gasteiger partial charge on any atom is -0.482 e. The van der Waals surface area contributed by atoms with Crippen molar-refractivity contribution in [1.82, 2.24) is 4.90 Å². The molecule has 142 valence electrons. The molecule has 1 amide bonds. The van der Waals surface area contributed by atoms with Crippen LogP contribution in [0.1, 0.15) is 17.5 Å². The smallest absolute Gasteiger partial charge is 0.341 e. The number of amides is 1. The van der Waals surface area contributed by atoms with Gasteiger partial charge in [0, 0.05) is 32.1 Å². The lowest BCUT2D eigenvalue weighted by Gasteiger charge is -2.17. The van der Waals surface area contributed by atoms with Crippen LogP contribution < -0.4 is 4.74 Å². The van der Waals surface area contributed by atoms with Crippen LogP contribution in [0.15, 0.2) is 48.5 Å². The van der Waals surface area contributed by atoms with Crippen LogP contribution in [0.2, 0.25) is 0 Å². The van der Waals surface area contributed by atoms with Crippen molar-refractivity contribution in [3.8, 4) is 5.75 Å². The van der Waals surface area contributed by atoms with Gasteiger partial charge in [0.2, 0.25) is 5.91 Å². The van der Waals surface area contributed by atoms with Gasteiger partial charge in [0.15, 0.2) is 6.61 Å². The fourth-order valence-electron chi connectivity index (χ4n) is 2.47. The molecule has 27 heavy (non-hydrogen) atoms. The molecule has 0 radical (unpaired) electrons. The van der Waals surface area contributed by atoms with Crippen molar-refractivity contribution < 1.29 is 24.4 Å². The minimum absolute atomic E-state index is 0.0125. The molecule has 0 heterocycles. The molecule has 0 saturated carbocycles. The van der Waals surface area contributed by atoms with Crippen LogP contribution in [0.5, 0.6) is 5.75 Å². The van der Waals surface area contributed by atoms with Crippen LogP contribution in [0.4, 0.5) is 5.69 Å². The van der Waals surface area contributed by atoms with E-state index in [0.717, 1.165) is 11.1 Å². The third-order valence-electron chi connectivity index (χ3n) is 3.88. The quantitative estimate of drug-likeness (QED) is 0.535. The van der Waals surface area contributed by atoms with Crippen LogP contribution in [0.3, 0.4) is 0 Å². The molecule has 8 nitrogen and oxygen atoms in total. The molecule has 0 unspecified atom stereocenters. The first-order chi connectivity index (χ1) is 12.8. The molecule has 2 rings (SSSR count). The van der Waals surface area contributed by atoms with Gasteiger partial charge < -0.3 is 14.7 Å². The highest BCUT2D eigenvalue weighted by Crippen LogP contribution is 2.16. The molecule has 0 atom stereocenters. The van der Waals surface area contributed by atoms with Crippen LogP contribution >= 0.6 is 0 Å². The van der Waals surface area contributed by atoms with Crippen molar-refractivity contribution in [2.45, 2.75) is 19.4 Å². The van der Waals surface area contributed by atoms with Gasteiger partial charge in [-0.1, -0.05) is 24.3 Å². The number of rotatable bonds is 9. The number of non-ortho nitro benzene ring substituents is 1. The topological polar surface area (TPSA) is 110 Å². The van der Waals surface area contributed by atoms with E-state index in [9.17, 15) is 19.7 Å². The predicted molar refractivity (Wildman–Crippen MR) is 97.5 cm³/mol. The number of nitro benzene ring substituents is 1. The molecule has 1 N–H and O–H groups in total. The van der Waals surface area contributed by atoms with Gasteiger partial charge in [-0.25, -0.2) is 4.79 Å². The highest BCUT2D eigenvalue weighted by atomic mass is 16.6. The molecule has 0 aliphatic carbocycles. The Balaban J connectivity index is 1.85. The van der Waals surface area contributed by atoms with E-state index in [1.54, 1.807) is 48.3 Å². The van der Waals surface area contributed by atoms with E-state index < -0.39 is 17.5 Å². The largest absolute Gasteiger partial charge is 0.482 e. The van der Waals surface area contributed by atoms with Gasteiger partial charge in [0.1, 0.15) is 5.75 Å². The Kier molecular flexibility index (Phi) is 6.87. The Morgan fingerprint density at radius 1 is 1.15 bits per heavy atom. The number of carbonyl (C=O) groups is 2. The first kappa shape index (κ1) is 19.9. The summed E-state index contributed by atoms with van der Waals surface area (Å²) in [4.78, 5) is 34.7. The Morgan fingerprint density at radius 3 is 2.48 bits per heavy atom. The molecule has 8 heteroatoms. The zero-order valence-corrected chi connectivity index (χ0v) is 14.8. The summed E-state index contributed by atoms with van der Waals surface area (Å²) in [5.74, 6) is -0.679. The third kappa shape index (κ3) is 6.43. The van der Waals surface area contributed by atoms with Gasteiger partial charge >= 0.3 is 5.97 Å². The van der Waals surface area contributed by atoms with Gasteiger partial charge in [0.05, 0.1) is 4.92 Å². The van der Waals surface area contributed by atoms with Crippen molar-refractivity contribution in [3.05, 3.63) is 69.8 Å². The molecule has 0 fully saturated rings. The Morgan fingerprint density at radius 2 is 1.85 bits per heavy atom. The summed E-state index contributed by atoms with van der Waals surface area (Å²) in [6.45, 7) is -0.0115. The number of benzene rings is 2. The van der Waals surface area contributed by atoms with Crippen molar-refractivity contribution in [3.63, 3.8) is 0 Å². The predicted octanol–water partition coefficient (Wildman–Crippen LogP) is 2.65. The second-order valence-electron chi connectivity index (χ2n) is 6.00. The normalized spacial score (nSPS) is 10.3. The van der Waals surface area contributed by atoms with E-state index >= 15 is 0 Å². The van der Waals surface area contributed by atoms with Crippen LogP contribution in [-0.2, 0) is 22.6 Å². The molecule has 2 aromatic rings. The minimum atomic E-state index is -1.05. The highest BCUT2D eigenvalue weighted by Gasteiger charge is 2.11. The number of carbonyl (C=O) groups excluding carboxylic acids is 1. The Labute approximate surface area is 156 Å². The van der Waals surface area contributed by atoms with Crippen molar-refractivity contribution >= 4 is 17.6 Å². The van der Waals surface area contributed by atoms with Gasteiger partial charge in [0.25, 0.3) is 5.69 Å². The van der Waals surface area contributed by atoms with Crippen LogP contribution in [-0.4, -0.2) is 40.5 Å². The van der Waals surface area contributed by atoms with E-state index in [-0.39, 0.29) is 18.0 Å². The summed E-state index contributed by atoms with van der Waals surface area (Å²) in [6.07, 6.45) is 0.671. The molecule has 0 aliphatic heterocycles. The number of aliphatic carboxylic acids is 1. The summed E-state index contributed by atoms with van der Waals surface area (Å²) >= 11 is 0. The average molecular weight is 372 g/mol. The zero-order valence-electron chi connectivity index (χ0n) is 14.8. The maximum Gasteiger partial charge on any atom is 0.341 e. The van der Waals surface area contributed by atoms with E-state index in [2.05, 4.69) is 0 Å². The van der Waals surface area contributed by atoms with Gasteiger partial charge in [-0.3, -0.25) is 14.9 Å². The van der Waals surface area contributed by atoms with Crippen LogP contribution in [0.25, 0.3) is 0 Å². The molecule has 0 bridgehead atoms.